The molecule has 1 heterocycles. The Labute approximate surface area is 136 Å². The van der Waals surface area contributed by atoms with Gasteiger partial charge in [0, 0.05) is 11.6 Å². The number of pyridine rings is 1. The van der Waals surface area contributed by atoms with Crippen molar-refractivity contribution in [1.29, 1.82) is 0 Å². The maximum atomic E-state index is 14.1. The molecule has 0 aliphatic carbocycles. The van der Waals surface area contributed by atoms with Gasteiger partial charge in [-0.3, -0.25) is 4.79 Å². The molecular weight excluding hydrogens is 315 g/mol. The number of hydrogen-bond acceptors (Lipinski definition) is 1. The Morgan fingerprint density at radius 1 is 0.875 bits per heavy atom. The van der Waals surface area contributed by atoms with E-state index in [1.54, 1.807) is 60.7 Å². The Morgan fingerprint density at radius 2 is 1.54 bits per heavy atom. The van der Waals surface area contributed by atoms with Crippen LogP contribution < -0.4 is 4.57 Å². The van der Waals surface area contributed by atoms with Gasteiger partial charge >= 0.3 is 6.08 Å². The summed E-state index contributed by atoms with van der Waals surface area (Å²) in [5.74, 6) is -1.91. The largest absolute Gasteiger partial charge is 0.312 e. The summed E-state index contributed by atoms with van der Waals surface area (Å²) < 4.78 is 41.1. The fraction of sp³-hybridized carbons (Fsp3) is 0.0526. The highest BCUT2D eigenvalue weighted by Crippen LogP contribution is 2.26. The monoisotopic (exact) mass is 328 g/mol. The molecule has 0 aliphatic rings. The topological polar surface area (TPSA) is 20.9 Å². The average molecular weight is 328 g/mol. The SMILES string of the molecule is O=C(C[n+]1ccc2ccccc2c1C(F)=C(F)F)c1ccccc1. The zero-order valence-corrected chi connectivity index (χ0v) is 12.5. The van der Waals surface area contributed by atoms with E-state index < -0.39 is 11.9 Å². The molecule has 0 bridgehead atoms. The molecule has 0 saturated carbocycles. The van der Waals surface area contributed by atoms with E-state index in [1.807, 2.05) is 0 Å². The van der Waals surface area contributed by atoms with Crippen LogP contribution in [0.2, 0.25) is 0 Å². The normalized spacial score (nSPS) is 10.6. The van der Waals surface area contributed by atoms with E-state index in [1.165, 1.54) is 10.8 Å². The van der Waals surface area contributed by atoms with Gasteiger partial charge in [-0.25, -0.2) is 0 Å². The van der Waals surface area contributed by atoms with Crippen molar-refractivity contribution in [2.75, 3.05) is 0 Å². The summed E-state index contributed by atoms with van der Waals surface area (Å²) in [4.78, 5) is 12.3. The number of carbonyl (C=O) groups is 1. The van der Waals surface area contributed by atoms with E-state index in [4.69, 9.17) is 0 Å². The minimum atomic E-state index is -2.41. The Hall–Kier alpha value is -2.95. The van der Waals surface area contributed by atoms with Crippen molar-refractivity contribution < 1.29 is 22.5 Å². The number of rotatable bonds is 4. The van der Waals surface area contributed by atoms with Gasteiger partial charge in [-0.1, -0.05) is 48.5 Å². The molecule has 24 heavy (non-hydrogen) atoms. The van der Waals surface area contributed by atoms with Crippen LogP contribution in [0.25, 0.3) is 16.6 Å². The quantitative estimate of drug-likeness (QED) is 0.509. The van der Waals surface area contributed by atoms with E-state index in [2.05, 4.69) is 0 Å². The molecule has 3 aromatic rings. The smallest absolute Gasteiger partial charge is 0.287 e. The first-order valence-corrected chi connectivity index (χ1v) is 7.28. The van der Waals surface area contributed by atoms with E-state index in [0.717, 1.165) is 0 Å². The van der Waals surface area contributed by atoms with Crippen LogP contribution in [0.3, 0.4) is 0 Å². The second kappa shape index (κ2) is 6.66. The van der Waals surface area contributed by atoms with Gasteiger partial charge in [0.2, 0.25) is 12.3 Å². The lowest BCUT2D eigenvalue weighted by Gasteiger charge is -2.06. The molecule has 0 N–H and O–H groups in total. The number of fused-ring (bicyclic) bond motifs is 1. The molecular formula is C19H13F3NO+. The lowest BCUT2D eigenvalue weighted by atomic mass is 10.1. The van der Waals surface area contributed by atoms with Crippen LogP contribution in [0.4, 0.5) is 13.2 Å². The number of Topliss-reactive ketones (excluding diaryl/α,β-unsaturated/α-hetero) is 1. The number of nitrogens with zero attached hydrogens (tertiary/aromatic N) is 1. The predicted molar refractivity (Wildman–Crippen MR) is 85.2 cm³/mol. The fourth-order valence-electron chi connectivity index (χ4n) is 2.59. The second-order valence-electron chi connectivity index (χ2n) is 5.24. The summed E-state index contributed by atoms with van der Waals surface area (Å²) in [5, 5.41) is 0.943. The molecule has 0 unspecified atom stereocenters. The number of carbonyl (C=O) groups excluding carboxylic acids is 1. The van der Waals surface area contributed by atoms with Crippen molar-refractivity contribution in [3.63, 3.8) is 0 Å². The molecule has 0 radical (unpaired) electrons. The molecule has 1 aromatic heterocycles. The van der Waals surface area contributed by atoms with Crippen LogP contribution >= 0.6 is 0 Å². The molecule has 5 heteroatoms. The second-order valence-corrected chi connectivity index (χ2v) is 5.24. The lowest BCUT2D eigenvalue weighted by Crippen LogP contribution is -2.41. The first-order valence-electron chi connectivity index (χ1n) is 7.28. The van der Waals surface area contributed by atoms with E-state index >= 15 is 0 Å². The molecule has 0 saturated heterocycles. The van der Waals surface area contributed by atoms with Crippen LogP contribution in [0.5, 0.6) is 0 Å². The standard InChI is InChI=1S/C19H13F3NO/c20-17(19(21)22)18-15-9-5-4-6-13(15)10-11-23(18)12-16(24)14-7-2-1-3-8-14/h1-11H,12H2/q+1. The van der Waals surface area contributed by atoms with Gasteiger partial charge in [0.25, 0.3) is 11.5 Å². The summed E-state index contributed by atoms with van der Waals surface area (Å²) in [6.07, 6.45) is -0.964. The zero-order chi connectivity index (χ0) is 17.1. The Kier molecular flexibility index (Phi) is 4.42. The van der Waals surface area contributed by atoms with E-state index in [-0.39, 0.29) is 18.0 Å². The number of halogens is 3. The van der Waals surface area contributed by atoms with Gasteiger partial charge < -0.3 is 0 Å². The predicted octanol–water partition coefficient (Wildman–Crippen LogP) is 4.54. The van der Waals surface area contributed by atoms with Gasteiger partial charge in [-0.15, -0.1) is 0 Å². The first kappa shape index (κ1) is 15.9. The van der Waals surface area contributed by atoms with Crippen molar-refractivity contribution >= 4 is 22.4 Å². The van der Waals surface area contributed by atoms with Crippen molar-refractivity contribution in [1.82, 2.24) is 0 Å². The molecule has 120 valence electrons. The minimum Gasteiger partial charge on any atom is -0.287 e. The zero-order valence-electron chi connectivity index (χ0n) is 12.5. The molecule has 0 atom stereocenters. The summed E-state index contributed by atoms with van der Waals surface area (Å²) in [6, 6.07) is 16.7. The average Bonchev–Trinajstić information content (AvgIpc) is 2.61. The van der Waals surface area contributed by atoms with Crippen LogP contribution in [0.1, 0.15) is 16.1 Å². The highest BCUT2D eigenvalue weighted by atomic mass is 19.3. The molecule has 2 nitrogen and oxygen atoms in total. The van der Waals surface area contributed by atoms with Gasteiger partial charge in [0.1, 0.15) is 0 Å². The Balaban J connectivity index is 2.12. The van der Waals surface area contributed by atoms with E-state index in [9.17, 15) is 18.0 Å². The Bertz CT molecular complexity index is 932. The Morgan fingerprint density at radius 3 is 2.25 bits per heavy atom. The van der Waals surface area contributed by atoms with Crippen molar-refractivity contribution in [3.8, 4) is 0 Å². The maximum absolute atomic E-state index is 14.1. The van der Waals surface area contributed by atoms with Gasteiger partial charge in [0.05, 0.1) is 5.39 Å². The van der Waals surface area contributed by atoms with Crippen molar-refractivity contribution in [2.45, 2.75) is 6.54 Å². The molecule has 2 aromatic carbocycles. The van der Waals surface area contributed by atoms with Crippen molar-refractivity contribution in [3.05, 3.63) is 84.2 Å². The summed E-state index contributed by atoms with van der Waals surface area (Å²) in [5.41, 5.74) is 0.145. The van der Waals surface area contributed by atoms with Gasteiger partial charge in [0.15, 0.2) is 6.20 Å². The first-order chi connectivity index (χ1) is 11.6. The van der Waals surface area contributed by atoms with Crippen LogP contribution in [-0.2, 0) is 6.54 Å². The number of benzene rings is 2. The van der Waals surface area contributed by atoms with Gasteiger partial charge in [-0.05, 0) is 11.5 Å². The summed E-state index contributed by atoms with van der Waals surface area (Å²) in [6.45, 7) is -0.231. The van der Waals surface area contributed by atoms with Crippen LogP contribution in [0, 0.1) is 0 Å². The molecule has 0 aliphatic heterocycles. The van der Waals surface area contributed by atoms with E-state index in [0.29, 0.717) is 16.3 Å². The molecule has 3 rings (SSSR count). The van der Waals surface area contributed by atoms with Gasteiger partial charge in [-0.2, -0.15) is 17.7 Å². The maximum Gasteiger partial charge on any atom is 0.312 e. The number of ketones is 1. The lowest BCUT2D eigenvalue weighted by molar-refractivity contribution is -0.684. The minimum absolute atomic E-state index is 0.231. The van der Waals surface area contributed by atoms with Crippen LogP contribution in [0.15, 0.2) is 72.9 Å². The highest BCUT2D eigenvalue weighted by Gasteiger charge is 2.26. The number of aromatic nitrogens is 1. The third-order valence-corrected chi connectivity index (χ3v) is 3.72. The number of hydrogen-bond donors (Lipinski definition) is 0. The molecule has 0 amide bonds. The third-order valence-electron chi connectivity index (χ3n) is 3.72. The fourth-order valence-corrected chi connectivity index (χ4v) is 2.59. The molecule has 0 spiro atoms. The third kappa shape index (κ3) is 3.06. The van der Waals surface area contributed by atoms with Crippen molar-refractivity contribution in [2.24, 2.45) is 0 Å². The van der Waals surface area contributed by atoms with Crippen LogP contribution in [-0.4, -0.2) is 5.78 Å². The summed E-state index contributed by atoms with van der Waals surface area (Å²) in [7, 11) is 0. The highest BCUT2D eigenvalue weighted by molar-refractivity contribution is 5.95. The summed E-state index contributed by atoms with van der Waals surface area (Å²) >= 11 is 0. The molecule has 0 fully saturated rings.